The highest BCUT2D eigenvalue weighted by Gasteiger charge is 2.46. The second-order valence-corrected chi connectivity index (χ2v) is 5.63. The van der Waals surface area contributed by atoms with E-state index in [1.165, 1.54) is 12.1 Å². The van der Waals surface area contributed by atoms with E-state index >= 15 is 0 Å². The fourth-order valence-corrected chi connectivity index (χ4v) is 2.90. The van der Waals surface area contributed by atoms with E-state index < -0.39 is 11.0 Å². The van der Waals surface area contributed by atoms with Gasteiger partial charge in [-0.05, 0) is 43.9 Å². The van der Waals surface area contributed by atoms with E-state index in [0.29, 0.717) is 24.2 Å². The lowest BCUT2D eigenvalue weighted by molar-refractivity contribution is -0.384. The Morgan fingerprint density at radius 2 is 1.96 bits per heavy atom. The van der Waals surface area contributed by atoms with E-state index in [2.05, 4.69) is 5.10 Å². The van der Waals surface area contributed by atoms with Gasteiger partial charge in [-0.3, -0.25) is 14.9 Å². The summed E-state index contributed by atoms with van der Waals surface area (Å²) in [7, 11) is 0. The molecule has 1 aromatic rings. The van der Waals surface area contributed by atoms with E-state index in [9.17, 15) is 19.7 Å². The van der Waals surface area contributed by atoms with Crippen molar-refractivity contribution in [2.24, 2.45) is 5.10 Å². The average molecular weight is 316 g/mol. The smallest absolute Gasteiger partial charge is 0.311 e. The minimum atomic E-state index is -0.484. The van der Waals surface area contributed by atoms with Gasteiger partial charge in [-0.2, -0.15) is 5.10 Å². The molecule has 3 rings (SSSR count). The van der Waals surface area contributed by atoms with Crippen LogP contribution in [0.2, 0.25) is 0 Å². The molecule has 2 aliphatic heterocycles. The number of imide groups is 1. The van der Waals surface area contributed by atoms with E-state index in [1.54, 1.807) is 24.0 Å². The van der Waals surface area contributed by atoms with Crippen LogP contribution < -0.4 is 0 Å². The number of rotatable bonds is 3. The predicted molar refractivity (Wildman–Crippen MR) is 81.9 cm³/mol. The van der Waals surface area contributed by atoms with Crippen molar-refractivity contribution in [3.63, 3.8) is 0 Å². The molecular formula is C15H16N4O4. The standard InChI is InChI=1S/C15H16N4O4/c1-10(11-5-7-12(8-6-11)19(22)23)16-18-14(20)13-4-2-3-9-17(13)15(18)21/h5-8,13H,2-4,9H2,1H3/b16-10+/t13-/m0/s1. The molecule has 0 saturated carbocycles. The van der Waals surface area contributed by atoms with Crippen molar-refractivity contribution in [3.05, 3.63) is 39.9 Å². The van der Waals surface area contributed by atoms with Crippen LogP contribution in [0.5, 0.6) is 0 Å². The molecule has 2 saturated heterocycles. The zero-order chi connectivity index (χ0) is 16.6. The molecule has 0 aromatic heterocycles. The van der Waals surface area contributed by atoms with Gasteiger partial charge in [0.2, 0.25) is 0 Å². The predicted octanol–water partition coefficient (Wildman–Crippen LogP) is 2.14. The number of hydrogen-bond acceptors (Lipinski definition) is 5. The van der Waals surface area contributed by atoms with Crippen LogP contribution in [0.25, 0.3) is 0 Å². The Hall–Kier alpha value is -2.77. The molecule has 0 spiro atoms. The van der Waals surface area contributed by atoms with Crippen molar-refractivity contribution in [2.75, 3.05) is 6.54 Å². The first-order valence-corrected chi connectivity index (χ1v) is 7.43. The van der Waals surface area contributed by atoms with E-state index in [1.807, 2.05) is 0 Å². The maximum absolute atomic E-state index is 12.3. The number of nitro benzene ring substituents is 1. The van der Waals surface area contributed by atoms with Gasteiger partial charge in [0.25, 0.3) is 11.6 Å². The number of nitrogens with zero attached hydrogens (tertiary/aromatic N) is 4. The number of urea groups is 1. The third-order valence-corrected chi connectivity index (χ3v) is 4.17. The number of non-ortho nitro benzene ring substituents is 1. The zero-order valence-corrected chi connectivity index (χ0v) is 12.6. The fraction of sp³-hybridized carbons (Fsp3) is 0.400. The Morgan fingerprint density at radius 3 is 2.57 bits per heavy atom. The van der Waals surface area contributed by atoms with E-state index in [-0.39, 0.29) is 17.6 Å². The van der Waals surface area contributed by atoms with Gasteiger partial charge in [0, 0.05) is 18.7 Å². The van der Waals surface area contributed by atoms with Gasteiger partial charge in [-0.15, -0.1) is 5.01 Å². The fourth-order valence-electron chi connectivity index (χ4n) is 2.90. The first-order chi connectivity index (χ1) is 11.0. The summed E-state index contributed by atoms with van der Waals surface area (Å²) >= 11 is 0. The van der Waals surface area contributed by atoms with Gasteiger partial charge in [0.15, 0.2) is 0 Å². The molecule has 3 amide bonds. The van der Waals surface area contributed by atoms with Crippen LogP contribution in [-0.2, 0) is 4.79 Å². The molecule has 1 atom stereocenters. The van der Waals surface area contributed by atoms with Gasteiger partial charge in [-0.1, -0.05) is 0 Å². The molecule has 0 aliphatic carbocycles. The lowest BCUT2D eigenvalue weighted by atomic mass is 10.0. The van der Waals surface area contributed by atoms with Crippen molar-refractivity contribution < 1.29 is 14.5 Å². The van der Waals surface area contributed by atoms with Crippen molar-refractivity contribution in [2.45, 2.75) is 32.2 Å². The molecule has 23 heavy (non-hydrogen) atoms. The van der Waals surface area contributed by atoms with E-state index in [0.717, 1.165) is 17.9 Å². The average Bonchev–Trinajstić information content (AvgIpc) is 2.80. The van der Waals surface area contributed by atoms with Crippen LogP contribution >= 0.6 is 0 Å². The number of carbonyl (C=O) groups is 2. The second kappa shape index (κ2) is 5.79. The Kier molecular flexibility index (Phi) is 3.81. The van der Waals surface area contributed by atoms with Gasteiger partial charge < -0.3 is 4.90 Å². The number of hydrazone groups is 1. The van der Waals surface area contributed by atoms with Crippen LogP contribution in [0.3, 0.4) is 0 Å². The summed E-state index contributed by atoms with van der Waals surface area (Å²) in [6.45, 7) is 2.25. The molecular weight excluding hydrogens is 300 g/mol. The quantitative estimate of drug-likeness (QED) is 0.369. The summed E-state index contributed by atoms with van der Waals surface area (Å²) in [4.78, 5) is 36.4. The van der Waals surface area contributed by atoms with Crippen LogP contribution in [-0.4, -0.2) is 45.1 Å². The van der Waals surface area contributed by atoms with Gasteiger partial charge in [-0.25, -0.2) is 4.79 Å². The first kappa shape index (κ1) is 15.1. The Balaban J connectivity index is 1.84. The molecule has 0 unspecified atom stereocenters. The van der Waals surface area contributed by atoms with Crippen LogP contribution in [0.1, 0.15) is 31.7 Å². The molecule has 2 fully saturated rings. The van der Waals surface area contributed by atoms with Crippen LogP contribution in [0.15, 0.2) is 29.4 Å². The highest BCUT2D eigenvalue weighted by atomic mass is 16.6. The SMILES string of the molecule is C/C(=N\N1C(=O)[C@@H]2CCCCN2C1=O)c1ccc([N+](=O)[O-])cc1. The minimum absolute atomic E-state index is 0.0213. The number of fused-ring (bicyclic) bond motifs is 1. The van der Waals surface area contributed by atoms with Crippen LogP contribution in [0, 0.1) is 10.1 Å². The molecule has 1 aromatic carbocycles. The molecule has 120 valence electrons. The van der Waals surface area contributed by atoms with Gasteiger partial charge in [0.05, 0.1) is 10.6 Å². The largest absolute Gasteiger partial charge is 0.348 e. The summed E-state index contributed by atoms with van der Waals surface area (Å²) in [5, 5.41) is 15.7. The molecule has 2 heterocycles. The summed E-state index contributed by atoms with van der Waals surface area (Å²) in [5.74, 6) is -0.295. The number of carbonyl (C=O) groups excluding carboxylic acids is 2. The van der Waals surface area contributed by atoms with Crippen LogP contribution in [0.4, 0.5) is 10.5 Å². The highest BCUT2D eigenvalue weighted by molar-refractivity contribution is 6.07. The molecule has 0 N–H and O–H groups in total. The van der Waals surface area contributed by atoms with Crippen molar-refractivity contribution in [1.29, 1.82) is 0 Å². The monoisotopic (exact) mass is 316 g/mol. The Bertz CT molecular complexity index is 674. The normalized spacial score (nSPS) is 21.6. The molecule has 0 radical (unpaired) electrons. The Morgan fingerprint density at radius 1 is 1.26 bits per heavy atom. The number of amides is 3. The Labute approximate surface area is 132 Å². The topological polar surface area (TPSA) is 96.1 Å². The zero-order valence-electron chi connectivity index (χ0n) is 12.6. The molecule has 8 nitrogen and oxygen atoms in total. The molecule has 8 heteroatoms. The van der Waals surface area contributed by atoms with Crippen molar-refractivity contribution >= 4 is 23.3 Å². The third-order valence-electron chi connectivity index (χ3n) is 4.17. The lowest BCUT2D eigenvalue weighted by Crippen LogP contribution is -2.38. The number of piperidine rings is 1. The summed E-state index contributed by atoms with van der Waals surface area (Å²) < 4.78 is 0. The molecule has 0 bridgehead atoms. The highest BCUT2D eigenvalue weighted by Crippen LogP contribution is 2.27. The maximum atomic E-state index is 12.3. The van der Waals surface area contributed by atoms with Gasteiger partial charge >= 0.3 is 6.03 Å². The van der Waals surface area contributed by atoms with Gasteiger partial charge in [0.1, 0.15) is 6.04 Å². The van der Waals surface area contributed by atoms with E-state index in [4.69, 9.17) is 0 Å². The summed E-state index contributed by atoms with van der Waals surface area (Å²) in [6.07, 6.45) is 2.50. The lowest BCUT2D eigenvalue weighted by Gasteiger charge is -2.25. The number of nitro groups is 1. The third kappa shape index (κ3) is 2.67. The minimum Gasteiger partial charge on any atom is -0.311 e. The molecule has 2 aliphatic rings. The number of benzene rings is 1. The maximum Gasteiger partial charge on any atom is 0.348 e. The first-order valence-electron chi connectivity index (χ1n) is 7.43. The van der Waals surface area contributed by atoms with Crippen molar-refractivity contribution in [1.82, 2.24) is 9.91 Å². The van der Waals surface area contributed by atoms with Crippen molar-refractivity contribution in [3.8, 4) is 0 Å². The summed E-state index contributed by atoms with van der Waals surface area (Å²) in [6, 6.07) is 5.05. The summed E-state index contributed by atoms with van der Waals surface area (Å²) in [5.41, 5.74) is 1.06. The number of hydrogen-bond donors (Lipinski definition) is 0. The second-order valence-electron chi connectivity index (χ2n) is 5.63.